The third-order valence-corrected chi connectivity index (χ3v) is 9.70. The molecule has 3 aromatic heterocycles. The first-order valence-corrected chi connectivity index (χ1v) is 16.4. The van der Waals surface area contributed by atoms with Crippen molar-refractivity contribution in [3.05, 3.63) is 80.3 Å². The molecule has 4 aromatic rings. The summed E-state index contributed by atoms with van der Waals surface area (Å²) in [6, 6.07) is 3.25. The number of amides is 2. The average molecular weight is 713 g/mol. The summed E-state index contributed by atoms with van der Waals surface area (Å²) in [7, 11) is 0. The molecule has 1 saturated heterocycles. The summed E-state index contributed by atoms with van der Waals surface area (Å²) < 4.78 is 48.1. The van der Waals surface area contributed by atoms with E-state index in [0.717, 1.165) is 23.8 Å². The maximum Gasteiger partial charge on any atom is 0.416 e. The number of hydrogen-bond donors (Lipinski definition) is 2. The van der Waals surface area contributed by atoms with Crippen molar-refractivity contribution < 1.29 is 32.6 Å². The first-order valence-electron chi connectivity index (χ1n) is 16.0. The fourth-order valence-corrected chi connectivity index (χ4v) is 7.02. The molecule has 3 aliphatic rings. The monoisotopic (exact) mass is 712 g/mol. The van der Waals surface area contributed by atoms with Gasteiger partial charge in [0.2, 0.25) is 11.7 Å². The van der Waals surface area contributed by atoms with E-state index in [0.29, 0.717) is 42.5 Å². The molecule has 0 spiro atoms. The number of hydrogen-bond acceptors (Lipinski definition) is 9. The molecule has 50 heavy (non-hydrogen) atoms. The molecule has 0 saturated carbocycles. The molecule has 2 N–H and O–H groups in total. The van der Waals surface area contributed by atoms with Crippen LogP contribution in [0.25, 0.3) is 11.4 Å². The highest BCUT2D eigenvalue weighted by molar-refractivity contribution is 6.33. The number of anilines is 2. The summed E-state index contributed by atoms with van der Waals surface area (Å²) in [5.74, 6) is -0.936. The number of benzene rings is 1. The van der Waals surface area contributed by atoms with Crippen LogP contribution >= 0.6 is 11.6 Å². The van der Waals surface area contributed by atoms with Crippen molar-refractivity contribution >= 4 is 46.1 Å². The Labute approximate surface area is 287 Å². The SMILES string of the molecule is Cc1nccc(C(=O)N2CCN(c3c4n(c5nc(C6=CCOCC6)nn5c3=O)[C@@H](C(=O)Nc3ccc(C(F)(F)F)cc3Cl)C[C@H]4C)CC2)c1O. The molecule has 0 radical (unpaired) electrons. The van der Waals surface area contributed by atoms with Crippen molar-refractivity contribution in [1.29, 1.82) is 0 Å². The maximum atomic E-state index is 14.3. The van der Waals surface area contributed by atoms with E-state index in [-0.39, 0.29) is 72.2 Å². The molecule has 6 heterocycles. The highest BCUT2D eigenvalue weighted by Gasteiger charge is 2.41. The summed E-state index contributed by atoms with van der Waals surface area (Å²) in [4.78, 5) is 53.8. The van der Waals surface area contributed by atoms with Crippen LogP contribution in [-0.2, 0) is 15.7 Å². The van der Waals surface area contributed by atoms with Crippen LogP contribution in [0.1, 0.15) is 64.9 Å². The molecule has 1 aromatic carbocycles. The molecule has 3 aliphatic heterocycles. The zero-order valence-corrected chi connectivity index (χ0v) is 27.8. The van der Waals surface area contributed by atoms with Gasteiger partial charge in [-0.1, -0.05) is 24.6 Å². The summed E-state index contributed by atoms with van der Waals surface area (Å²) in [5.41, 5.74) is 0.776. The van der Waals surface area contributed by atoms with Gasteiger partial charge in [0.25, 0.3) is 11.5 Å². The van der Waals surface area contributed by atoms with Gasteiger partial charge in [0.15, 0.2) is 5.82 Å². The van der Waals surface area contributed by atoms with Crippen LogP contribution in [0.15, 0.2) is 41.3 Å². The van der Waals surface area contributed by atoms with E-state index in [1.54, 1.807) is 16.4 Å². The lowest BCUT2D eigenvalue weighted by atomic mass is 10.0. The zero-order valence-electron chi connectivity index (χ0n) is 27.0. The maximum absolute atomic E-state index is 14.3. The number of alkyl halides is 3. The van der Waals surface area contributed by atoms with Crippen LogP contribution in [0.2, 0.25) is 5.02 Å². The number of ether oxygens (including phenoxy) is 1. The van der Waals surface area contributed by atoms with Gasteiger partial charge in [0.05, 0.1) is 46.4 Å². The van der Waals surface area contributed by atoms with Gasteiger partial charge in [-0.15, -0.1) is 5.10 Å². The van der Waals surface area contributed by atoms with Crippen molar-refractivity contribution in [2.45, 2.75) is 44.8 Å². The highest BCUT2D eigenvalue weighted by Crippen LogP contribution is 2.42. The van der Waals surface area contributed by atoms with Crippen molar-refractivity contribution in [3.8, 4) is 5.75 Å². The van der Waals surface area contributed by atoms with Crippen molar-refractivity contribution in [3.63, 3.8) is 0 Å². The molecule has 0 bridgehead atoms. The Morgan fingerprint density at radius 2 is 1.90 bits per heavy atom. The van der Waals surface area contributed by atoms with Crippen molar-refractivity contribution in [1.82, 2.24) is 29.0 Å². The number of aryl methyl sites for hydroxylation is 1. The Bertz CT molecular complexity index is 2120. The lowest BCUT2D eigenvalue weighted by Crippen LogP contribution is -2.50. The van der Waals surface area contributed by atoms with Crippen LogP contribution in [0.5, 0.6) is 5.75 Å². The molecular formula is C33H32ClF3N8O5. The Morgan fingerprint density at radius 3 is 2.58 bits per heavy atom. The van der Waals surface area contributed by atoms with Gasteiger partial charge in [-0.05, 0) is 49.6 Å². The second-order valence-electron chi connectivity index (χ2n) is 12.5. The Kier molecular flexibility index (Phi) is 8.54. The number of rotatable bonds is 5. The van der Waals surface area contributed by atoms with Crippen LogP contribution in [0.3, 0.4) is 0 Å². The molecule has 1 fully saturated rings. The molecule has 0 aliphatic carbocycles. The molecular weight excluding hydrogens is 681 g/mol. The molecule has 2 amide bonds. The van der Waals surface area contributed by atoms with E-state index in [1.165, 1.54) is 16.8 Å². The lowest BCUT2D eigenvalue weighted by Gasteiger charge is -2.37. The summed E-state index contributed by atoms with van der Waals surface area (Å²) in [5, 5.41) is 17.4. The Balaban J connectivity index is 1.26. The minimum atomic E-state index is -4.61. The van der Waals surface area contributed by atoms with Crippen LogP contribution in [0, 0.1) is 6.92 Å². The van der Waals surface area contributed by atoms with Gasteiger partial charge in [0, 0.05) is 38.3 Å². The number of carbonyl (C=O) groups is 2. The molecule has 262 valence electrons. The number of pyridine rings is 1. The minimum absolute atomic E-state index is 0.00814. The van der Waals surface area contributed by atoms with Gasteiger partial charge in [0.1, 0.15) is 17.5 Å². The van der Waals surface area contributed by atoms with Gasteiger partial charge in [-0.2, -0.15) is 22.7 Å². The summed E-state index contributed by atoms with van der Waals surface area (Å²) >= 11 is 6.18. The highest BCUT2D eigenvalue weighted by atomic mass is 35.5. The number of carbonyl (C=O) groups excluding carboxylic acids is 2. The quantitative estimate of drug-likeness (QED) is 0.307. The number of piperazine rings is 1. The fourth-order valence-electron chi connectivity index (χ4n) is 6.79. The third kappa shape index (κ3) is 5.85. The smallest absolute Gasteiger partial charge is 0.416 e. The predicted octanol–water partition coefficient (Wildman–Crippen LogP) is 4.43. The second-order valence-corrected chi connectivity index (χ2v) is 12.9. The van der Waals surface area contributed by atoms with E-state index in [1.807, 2.05) is 17.9 Å². The zero-order chi connectivity index (χ0) is 35.5. The average Bonchev–Trinajstić information content (AvgIpc) is 3.69. The molecule has 17 heteroatoms. The number of nitrogens with zero attached hydrogens (tertiary/aromatic N) is 7. The van der Waals surface area contributed by atoms with E-state index in [4.69, 9.17) is 21.3 Å². The predicted molar refractivity (Wildman–Crippen MR) is 177 cm³/mol. The van der Waals surface area contributed by atoms with Gasteiger partial charge in [-0.3, -0.25) is 23.9 Å². The van der Waals surface area contributed by atoms with Crippen LogP contribution in [0.4, 0.5) is 24.5 Å². The van der Waals surface area contributed by atoms with Gasteiger partial charge < -0.3 is 25.0 Å². The van der Waals surface area contributed by atoms with Crippen LogP contribution in [-0.4, -0.2) is 85.4 Å². The first-order chi connectivity index (χ1) is 23.8. The molecule has 7 rings (SSSR count). The topological polar surface area (TPSA) is 147 Å². The van der Waals surface area contributed by atoms with E-state index < -0.39 is 29.2 Å². The number of nitrogens with one attached hydrogen (secondary N) is 1. The Morgan fingerprint density at radius 1 is 1.14 bits per heavy atom. The first kappa shape index (κ1) is 33.5. The number of halogens is 4. The van der Waals surface area contributed by atoms with E-state index in [2.05, 4.69) is 15.4 Å². The second kappa shape index (κ2) is 12.7. The normalized spacial score (nSPS) is 19.4. The van der Waals surface area contributed by atoms with Gasteiger partial charge in [-0.25, -0.2) is 0 Å². The number of aromatic hydroxyl groups is 1. The lowest BCUT2D eigenvalue weighted by molar-refractivity contribution is -0.137. The van der Waals surface area contributed by atoms with Crippen LogP contribution < -0.4 is 15.8 Å². The van der Waals surface area contributed by atoms with E-state index >= 15 is 0 Å². The van der Waals surface area contributed by atoms with Crippen molar-refractivity contribution in [2.75, 3.05) is 49.6 Å². The largest absolute Gasteiger partial charge is 0.505 e. The Hall–Kier alpha value is -4.96. The molecule has 2 atom stereocenters. The van der Waals surface area contributed by atoms with E-state index in [9.17, 15) is 32.7 Å². The number of aromatic nitrogens is 5. The standard InChI is InChI=1S/C33H32ClF3N8O5/c1-17-15-24(29(47)39-23-4-3-20(16-22(23)34)33(35,36)37)44-25(17)26(31(49)45-32(44)40-28(41-45)19-6-13-50-14-7-19)42-9-11-43(12-10-42)30(48)21-5-8-38-18(2)27(21)46/h3-6,8,16-17,24,46H,7,9-15H2,1-2H3,(H,39,47)/t17-,24-/m1/s1. The third-order valence-electron chi connectivity index (χ3n) is 9.39. The van der Waals surface area contributed by atoms with Gasteiger partial charge >= 0.3 is 6.18 Å². The van der Waals surface area contributed by atoms with Crippen molar-refractivity contribution in [2.24, 2.45) is 0 Å². The summed E-state index contributed by atoms with van der Waals surface area (Å²) in [6.07, 6.45) is -0.523. The number of fused-ring (bicyclic) bond motifs is 3. The molecule has 0 unspecified atom stereocenters. The minimum Gasteiger partial charge on any atom is -0.505 e. The molecule has 13 nitrogen and oxygen atoms in total. The fraction of sp³-hybridized carbons (Fsp3) is 0.394. The summed E-state index contributed by atoms with van der Waals surface area (Å²) in [6.45, 7) is 5.36.